The minimum Gasteiger partial charge on any atom is -0.469 e. The highest BCUT2D eigenvalue weighted by molar-refractivity contribution is 14.0. The number of likely N-dealkylation sites (tertiary alicyclic amines) is 1. The minimum absolute atomic E-state index is 0. The molecule has 1 N–H and O–H groups in total. The summed E-state index contributed by atoms with van der Waals surface area (Å²) < 4.78 is 4.87. The number of aliphatic imine (C=N–C) groups is 1. The van der Waals surface area contributed by atoms with Crippen LogP contribution in [0.1, 0.15) is 19.3 Å². The standard InChI is InChI=1S/C22H35N5O2.HI/c1-23-22(27-13-9-19(10-14-27)21(28)29-2)24-11-6-12-25-15-17-26(18-16-25)20-7-4-3-5-8-20;/h3-5,7-8,19H,6,9-18H2,1-2H3,(H,23,24);1H. The predicted octanol–water partition coefficient (Wildman–Crippen LogP) is 2.28. The van der Waals surface area contributed by atoms with E-state index in [9.17, 15) is 4.79 Å². The molecule has 2 heterocycles. The number of carbonyl (C=O) groups is 1. The Bertz CT molecular complexity index is 657. The third-order valence-electron chi connectivity index (χ3n) is 5.97. The fourth-order valence-electron chi connectivity index (χ4n) is 4.20. The molecule has 8 heteroatoms. The van der Waals surface area contributed by atoms with Gasteiger partial charge in [0.15, 0.2) is 5.96 Å². The van der Waals surface area contributed by atoms with Gasteiger partial charge in [-0.1, -0.05) is 18.2 Å². The predicted molar refractivity (Wildman–Crippen MR) is 133 cm³/mol. The Hall–Kier alpha value is -1.55. The Morgan fingerprint density at radius 1 is 1.10 bits per heavy atom. The quantitative estimate of drug-likeness (QED) is 0.201. The van der Waals surface area contributed by atoms with Gasteiger partial charge in [-0.2, -0.15) is 0 Å². The molecule has 0 aromatic heterocycles. The number of benzene rings is 1. The summed E-state index contributed by atoms with van der Waals surface area (Å²) in [6.45, 7) is 8.14. The molecule has 7 nitrogen and oxygen atoms in total. The van der Waals surface area contributed by atoms with Crippen molar-refractivity contribution >= 4 is 41.6 Å². The lowest BCUT2D eigenvalue weighted by molar-refractivity contribution is -0.146. The van der Waals surface area contributed by atoms with E-state index in [1.165, 1.54) is 12.8 Å². The number of ether oxygens (including phenoxy) is 1. The van der Waals surface area contributed by atoms with Gasteiger partial charge in [0, 0.05) is 58.5 Å². The molecule has 0 bridgehead atoms. The Kier molecular flexibility index (Phi) is 10.7. The number of methoxy groups -OCH3 is 1. The van der Waals surface area contributed by atoms with Gasteiger partial charge in [-0.15, -0.1) is 24.0 Å². The van der Waals surface area contributed by atoms with Crippen LogP contribution < -0.4 is 10.2 Å². The number of halogens is 1. The molecule has 0 radical (unpaired) electrons. The van der Waals surface area contributed by atoms with E-state index in [0.29, 0.717) is 0 Å². The molecule has 0 unspecified atom stereocenters. The maximum absolute atomic E-state index is 11.7. The number of anilines is 1. The van der Waals surface area contributed by atoms with E-state index in [1.54, 1.807) is 0 Å². The van der Waals surface area contributed by atoms with E-state index in [0.717, 1.165) is 77.6 Å². The number of piperazine rings is 1. The van der Waals surface area contributed by atoms with Gasteiger partial charge in [-0.3, -0.25) is 14.7 Å². The van der Waals surface area contributed by atoms with Crippen LogP contribution in [0, 0.1) is 5.92 Å². The Labute approximate surface area is 197 Å². The lowest BCUT2D eigenvalue weighted by Crippen LogP contribution is -2.48. The number of piperidine rings is 1. The number of carbonyl (C=O) groups excluding carboxylic acids is 1. The lowest BCUT2D eigenvalue weighted by Gasteiger charge is -2.36. The molecule has 1 aromatic rings. The number of nitrogens with one attached hydrogen (secondary N) is 1. The highest BCUT2D eigenvalue weighted by atomic mass is 127. The maximum Gasteiger partial charge on any atom is 0.308 e. The van der Waals surface area contributed by atoms with Crippen molar-refractivity contribution in [2.45, 2.75) is 19.3 Å². The van der Waals surface area contributed by atoms with Crippen molar-refractivity contribution in [3.05, 3.63) is 30.3 Å². The molecule has 0 atom stereocenters. The summed E-state index contributed by atoms with van der Waals surface area (Å²) in [5.74, 6) is 0.895. The molecule has 2 fully saturated rings. The number of nitrogens with zero attached hydrogens (tertiary/aromatic N) is 4. The molecule has 168 valence electrons. The van der Waals surface area contributed by atoms with Crippen molar-refractivity contribution in [2.24, 2.45) is 10.9 Å². The number of hydrogen-bond acceptors (Lipinski definition) is 5. The van der Waals surface area contributed by atoms with Gasteiger partial charge in [0.05, 0.1) is 13.0 Å². The first-order valence-corrected chi connectivity index (χ1v) is 10.8. The van der Waals surface area contributed by atoms with Crippen LogP contribution >= 0.6 is 24.0 Å². The Morgan fingerprint density at radius 3 is 2.37 bits per heavy atom. The van der Waals surface area contributed by atoms with Gasteiger partial charge < -0.3 is 19.9 Å². The summed E-state index contributed by atoms with van der Waals surface area (Å²) in [6, 6.07) is 10.7. The third-order valence-corrected chi connectivity index (χ3v) is 5.97. The van der Waals surface area contributed by atoms with Gasteiger partial charge in [-0.05, 0) is 37.9 Å². The average Bonchev–Trinajstić information content (AvgIpc) is 2.80. The number of guanidine groups is 1. The average molecular weight is 529 g/mol. The normalized spacial score (nSPS) is 18.7. The van der Waals surface area contributed by atoms with Gasteiger partial charge >= 0.3 is 5.97 Å². The van der Waals surface area contributed by atoms with Crippen molar-refractivity contribution in [1.82, 2.24) is 15.1 Å². The summed E-state index contributed by atoms with van der Waals surface area (Å²) in [5, 5.41) is 3.49. The van der Waals surface area contributed by atoms with E-state index in [-0.39, 0.29) is 35.9 Å². The van der Waals surface area contributed by atoms with E-state index >= 15 is 0 Å². The molecule has 0 spiro atoms. The molecule has 0 aliphatic carbocycles. The monoisotopic (exact) mass is 529 g/mol. The Morgan fingerprint density at radius 2 is 1.77 bits per heavy atom. The van der Waals surface area contributed by atoms with Crippen LogP contribution in [-0.2, 0) is 9.53 Å². The molecule has 2 aliphatic rings. The summed E-state index contributed by atoms with van der Waals surface area (Å²) in [6.07, 6.45) is 2.76. The van der Waals surface area contributed by atoms with Crippen LogP contribution in [0.5, 0.6) is 0 Å². The highest BCUT2D eigenvalue weighted by Crippen LogP contribution is 2.18. The first kappa shape index (κ1) is 24.7. The van der Waals surface area contributed by atoms with Crippen LogP contribution in [-0.4, -0.2) is 88.2 Å². The van der Waals surface area contributed by atoms with E-state index in [4.69, 9.17) is 4.74 Å². The van der Waals surface area contributed by atoms with Gasteiger partial charge in [-0.25, -0.2) is 0 Å². The highest BCUT2D eigenvalue weighted by Gasteiger charge is 2.26. The third kappa shape index (κ3) is 7.01. The Balaban J connectivity index is 0.00000320. The molecular formula is C22H36IN5O2. The van der Waals surface area contributed by atoms with Gasteiger partial charge in [0.25, 0.3) is 0 Å². The molecular weight excluding hydrogens is 493 g/mol. The van der Waals surface area contributed by atoms with Crippen molar-refractivity contribution in [2.75, 3.05) is 71.4 Å². The summed E-state index contributed by atoms with van der Waals surface area (Å²) in [7, 11) is 3.30. The van der Waals surface area contributed by atoms with E-state index in [2.05, 4.69) is 55.3 Å². The molecule has 0 saturated carbocycles. The fourth-order valence-corrected chi connectivity index (χ4v) is 4.20. The molecule has 1 aromatic carbocycles. The zero-order valence-corrected chi connectivity index (χ0v) is 20.6. The maximum atomic E-state index is 11.7. The van der Waals surface area contributed by atoms with Gasteiger partial charge in [0.1, 0.15) is 0 Å². The number of rotatable bonds is 6. The zero-order valence-electron chi connectivity index (χ0n) is 18.3. The second kappa shape index (κ2) is 13.0. The first-order chi connectivity index (χ1) is 14.2. The van der Waals surface area contributed by atoms with Gasteiger partial charge in [0.2, 0.25) is 0 Å². The number of hydrogen-bond donors (Lipinski definition) is 1. The molecule has 2 saturated heterocycles. The zero-order chi connectivity index (χ0) is 20.5. The topological polar surface area (TPSA) is 60.4 Å². The smallest absolute Gasteiger partial charge is 0.308 e. The van der Waals surface area contributed by atoms with Crippen molar-refractivity contribution in [3.8, 4) is 0 Å². The summed E-state index contributed by atoms with van der Waals surface area (Å²) >= 11 is 0. The van der Waals surface area contributed by atoms with Crippen molar-refractivity contribution in [1.29, 1.82) is 0 Å². The lowest BCUT2D eigenvalue weighted by atomic mass is 9.97. The van der Waals surface area contributed by atoms with Crippen LogP contribution in [0.15, 0.2) is 35.3 Å². The number of esters is 1. The van der Waals surface area contributed by atoms with Crippen molar-refractivity contribution < 1.29 is 9.53 Å². The van der Waals surface area contributed by atoms with Crippen LogP contribution in [0.25, 0.3) is 0 Å². The first-order valence-electron chi connectivity index (χ1n) is 10.8. The largest absolute Gasteiger partial charge is 0.469 e. The van der Waals surface area contributed by atoms with Crippen LogP contribution in [0.4, 0.5) is 5.69 Å². The van der Waals surface area contributed by atoms with E-state index < -0.39 is 0 Å². The van der Waals surface area contributed by atoms with Crippen LogP contribution in [0.3, 0.4) is 0 Å². The van der Waals surface area contributed by atoms with Crippen molar-refractivity contribution in [3.63, 3.8) is 0 Å². The molecule has 3 rings (SSSR count). The molecule has 2 aliphatic heterocycles. The molecule has 0 amide bonds. The SMILES string of the molecule is CN=C(NCCCN1CCN(c2ccccc2)CC1)N1CCC(C(=O)OC)CC1.I. The molecule has 30 heavy (non-hydrogen) atoms. The second-order valence-corrected chi connectivity index (χ2v) is 7.78. The number of para-hydroxylation sites is 1. The van der Waals surface area contributed by atoms with E-state index in [1.807, 2.05) is 7.05 Å². The van der Waals surface area contributed by atoms with Crippen LogP contribution in [0.2, 0.25) is 0 Å². The minimum atomic E-state index is -0.0834. The summed E-state index contributed by atoms with van der Waals surface area (Å²) in [5.41, 5.74) is 1.33. The second-order valence-electron chi connectivity index (χ2n) is 7.78. The fraction of sp³-hybridized carbons (Fsp3) is 0.636. The summed E-state index contributed by atoms with van der Waals surface area (Å²) in [4.78, 5) is 23.4.